The molecule has 1 spiro atoms. The van der Waals surface area contributed by atoms with Crippen LogP contribution in [0.4, 0.5) is 26.3 Å². The van der Waals surface area contributed by atoms with E-state index in [2.05, 4.69) is 58.1 Å². The second kappa shape index (κ2) is 14.3. The van der Waals surface area contributed by atoms with E-state index in [4.69, 9.17) is 19.8 Å². The molecule has 3 heterocycles. The van der Waals surface area contributed by atoms with Crippen molar-refractivity contribution in [2.45, 2.75) is 70.0 Å². The predicted molar refractivity (Wildman–Crippen MR) is 134 cm³/mol. The first-order chi connectivity index (χ1) is 19.0. The lowest BCUT2D eigenvalue weighted by atomic mass is 9.87. The van der Waals surface area contributed by atoms with Crippen molar-refractivity contribution in [2.24, 2.45) is 0 Å². The van der Waals surface area contributed by atoms with E-state index < -0.39 is 24.3 Å². The van der Waals surface area contributed by atoms with Gasteiger partial charge in [-0.25, -0.2) is 9.59 Å². The van der Waals surface area contributed by atoms with Crippen molar-refractivity contribution in [3.63, 3.8) is 0 Å². The molecule has 4 rings (SSSR count). The van der Waals surface area contributed by atoms with Gasteiger partial charge in [0.1, 0.15) is 0 Å². The number of pyridine rings is 1. The molecule has 2 fully saturated rings. The van der Waals surface area contributed by atoms with Crippen molar-refractivity contribution in [1.29, 1.82) is 0 Å². The van der Waals surface area contributed by atoms with Crippen LogP contribution in [-0.2, 0) is 27.5 Å². The van der Waals surface area contributed by atoms with Crippen LogP contribution in [0.3, 0.4) is 0 Å². The highest BCUT2D eigenvalue weighted by Gasteiger charge is 2.45. The molecule has 0 aliphatic carbocycles. The fourth-order valence-corrected chi connectivity index (χ4v) is 4.67. The minimum absolute atomic E-state index is 0.0506. The van der Waals surface area contributed by atoms with Crippen molar-refractivity contribution in [1.82, 2.24) is 14.8 Å². The Labute approximate surface area is 232 Å². The molecule has 1 aromatic heterocycles. The van der Waals surface area contributed by atoms with Gasteiger partial charge in [-0.05, 0) is 62.4 Å². The maximum Gasteiger partial charge on any atom is 0.490 e. The smallest absolute Gasteiger partial charge is 0.475 e. The molecule has 2 N–H and O–H groups in total. The third-order valence-corrected chi connectivity index (χ3v) is 6.79. The highest BCUT2D eigenvalue weighted by atomic mass is 19.4. The number of benzene rings is 1. The van der Waals surface area contributed by atoms with Gasteiger partial charge in [0.2, 0.25) is 5.91 Å². The number of halogens is 6. The number of carbonyl (C=O) groups excluding carboxylic acids is 1. The summed E-state index contributed by atoms with van der Waals surface area (Å²) >= 11 is 0. The molecule has 14 heteroatoms. The third-order valence-electron chi connectivity index (χ3n) is 6.79. The molecule has 2 saturated heterocycles. The van der Waals surface area contributed by atoms with Gasteiger partial charge in [0, 0.05) is 44.0 Å². The van der Waals surface area contributed by atoms with E-state index in [1.807, 2.05) is 12.4 Å². The van der Waals surface area contributed by atoms with Crippen LogP contribution in [-0.4, -0.2) is 73.8 Å². The molecule has 0 saturated carbocycles. The number of hydrogen-bond donors (Lipinski definition) is 2. The number of nitrogens with zero attached hydrogens (tertiary/aromatic N) is 3. The molecule has 1 amide bonds. The molecular weight excluding hydrogens is 560 g/mol. The van der Waals surface area contributed by atoms with Gasteiger partial charge in [-0.15, -0.1) is 0 Å². The largest absolute Gasteiger partial charge is 0.490 e. The standard InChI is InChI=1S/C23H29N3O.2C2HF3O2/c1-19-3-5-20(6-4-19)18-26-22(27)7-11-23(26)10-2-15-25(16-12-23)17-21-8-13-24-14-9-21;2*3-2(4,5)1(6)7/h3-6,8-9,13-14H,2,7,10-12,15-18H2,1H3;2*(H,6,7). The Morgan fingerprint density at radius 3 is 1.85 bits per heavy atom. The number of aliphatic carboxylic acids is 2. The van der Waals surface area contributed by atoms with Crippen molar-refractivity contribution >= 4 is 17.8 Å². The maximum absolute atomic E-state index is 12.7. The summed E-state index contributed by atoms with van der Waals surface area (Å²) in [5.41, 5.74) is 3.88. The summed E-state index contributed by atoms with van der Waals surface area (Å²) in [6, 6.07) is 12.8. The average Bonchev–Trinajstić information content (AvgIpc) is 3.05. The predicted octanol–water partition coefficient (Wildman–Crippen LogP) is 5.20. The van der Waals surface area contributed by atoms with Crippen LogP contribution in [0, 0.1) is 6.92 Å². The highest BCUT2D eigenvalue weighted by Crippen LogP contribution is 2.40. The maximum atomic E-state index is 12.7. The quantitative estimate of drug-likeness (QED) is 0.470. The number of hydrogen-bond acceptors (Lipinski definition) is 5. The fraction of sp³-hybridized carbons (Fsp3) is 0.481. The van der Waals surface area contributed by atoms with Crippen LogP contribution in [0.1, 0.15) is 48.8 Å². The van der Waals surface area contributed by atoms with Gasteiger partial charge in [-0.2, -0.15) is 26.3 Å². The number of carboxylic acid groups (broad SMARTS) is 2. The zero-order chi connectivity index (χ0) is 30.8. The van der Waals surface area contributed by atoms with Crippen LogP contribution in [0.25, 0.3) is 0 Å². The van der Waals surface area contributed by atoms with Crippen LogP contribution in [0.2, 0.25) is 0 Å². The van der Waals surface area contributed by atoms with Crippen LogP contribution in [0.15, 0.2) is 48.8 Å². The summed E-state index contributed by atoms with van der Waals surface area (Å²) in [7, 11) is 0. The van der Waals surface area contributed by atoms with E-state index in [1.165, 1.54) is 16.7 Å². The SMILES string of the molecule is Cc1ccc(CN2C(=O)CCC23CCCN(Cc2ccncc2)CC3)cc1.O=C(O)C(F)(F)F.O=C(O)C(F)(F)F. The third kappa shape index (κ3) is 10.7. The summed E-state index contributed by atoms with van der Waals surface area (Å²) in [6.45, 7) is 6.00. The Balaban J connectivity index is 0.000000349. The molecule has 2 aromatic rings. The monoisotopic (exact) mass is 591 g/mol. The first-order valence-electron chi connectivity index (χ1n) is 12.6. The van der Waals surface area contributed by atoms with Crippen molar-refractivity contribution in [2.75, 3.05) is 13.1 Å². The summed E-state index contributed by atoms with van der Waals surface area (Å²) in [4.78, 5) is 39.4. The topological polar surface area (TPSA) is 111 Å². The first kappa shape index (κ1) is 33.5. The van der Waals surface area contributed by atoms with Crippen molar-refractivity contribution in [3.05, 3.63) is 65.5 Å². The molecule has 41 heavy (non-hydrogen) atoms. The summed E-state index contributed by atoms with van der Waals surface area (Å²) < 4.78 is 63.5. The second-order valence-electron chi connectivity index (χ2n) is 9.78. The first-order valence-corrected chi connectivity index (χ1v) is 12.6. The van der Waals surface area contributed by atoms with Crippen LogP contribution >= 0.6 is 0 Å². The number of aromatic nitrogens is 1. The number of aryl methyl sites for hydroxylation is 1. The summed E-state index contributed by atoms with van der Waals surface area (Å²) in [5.74, 6) is -5.18. The molecule has 1 aromatic carbocycles. The second-order valence-corrected chi connectivity index (χ2v) is 9.78. The Morgan fingerprint density at radius 2 is 1.34 bits per heavy atom. The number of carboxylic acids is 2. The summed E-state index contributed by atoms with van der Waals surface area (Å²) in [5, 5.41) is 14.2. The number of amides is 1. The molecule has 2 aliphatic rings. The van der Waals surface area contributed by atoms with Gasteiger partial charge in [0.05, 0.1) is 0 Å². The van der Waals surface area contributed by atoms with Gasteiger partial charge in [0.25, 0.3) is 0 Å². The van der Waals surface area contributed by atoms with E-state index in [0.29, 0.717) is 12.3 Å². The molecule has 0 bridgehead atoms. The van der Waals surface area contributed by atoms with E-state index in [-0.39, 0.29) is 5.54 Å². The molecule has 8 nitrogen and oxygen atoms in total. The number of rotatable bonds is 4. The number of carbonyl (C=O) groups is 3. The minimum atomic E-state index is -5.08. The Hall–Kier alpha value is -3.68. The molecule has 0 radical (unpaired) electrons. The van der Waals surface area contributed by atoms with E-state index in [1.54, 1.807) is 0 Å². The van der Waals surface area contributed by atoms with Crippen LogP contribution < -0.4 is 0 Å². The number of alkyl halides is 6. The van der Waals surface area contributed by atoms with E-state index in [9.17, 15) is 31.1 Å². The summed E-state index contributed by atoms with van der Waals surface area (Å²) in [6.07, 6.45) is -1.35. The average molecular weight is 592 g/mol. The van der Waals surface area contributed by atoms with E-state index >= 15 is 0 Å². The van der Waals surface area contributed by atoms with Gasteiger partial charge >= 0.3 is 24.3 Å². The Morgan fingerprint density at radius 1 is 0.829 bits per heavy atom. The fourth-order valence-electron chi connectivity index (χ4n) is 4.67. The molecule has 1 unspecified atom stereocenters. The normalized spacial score (nSPS) is 19.5. The van der Waals surface area contributed by atoms with Gasteiger partial charge < -0.3 is 15.1 Å². The van der Waals surface area contributed by atoms with Gasteiger partial charge in [-0.1, -0.05) is 29.8 Å². The van der Waals surface area contributed by atoms with Crippen molar-refractivity contribution in [3.8, 4) is 0 Å². The lowest BCUT2D eigenvalue weighted by Gasteiger charge is -2.38. The lowest BCUT2D eigenvalue weighted by molar-refractivity contribution is -0.193. The van der Waals surface area contributed by atoms with E-state index in [0.717, 1.165) is 51.9 Å². The number of likely N-dealkylation sites (tertiary alicyclic amines) is 2. The van der Waals surface area contributed by atoms with Gasteiger partial charge in [-0.3, -0.25) is 14.7 Å². The minimum Gasteiger partial charge on any atom is -0.475 e. The zero-order valence-electron chi connectivity index (χ0n) is 22.2. The Kier molecular flexibility index (Phi) is 11.7. The lowest BCUT2D eigenvalue weighted by Crippen LogP contribution is -2.45. The Bertz CT molecular complexity index is 1130. The highest BCUT2D eigenvalue weighted by molar-refractivity contribution is 5.79. The van der Waals surface area contributed by atoms with Crippen molar-refractivity contribution < 1.29 is 50.9 Å². The zero-order valence-corrected chi connectivity index (χ0v) is 22.2. The molecular formula is C27H31F6N3O5. The van der Waals surface area contributed by atoms with Crippen LogP contribution in [0.5, 0.6) is 0 Å². The molecule has 1 atom stereocenters. The van der Waals surface area contributed by atoms with Gasteiger partial charge in [0.15, 0.2) is 0 Å². The molecule has 2 aliphatic heterocycles. The molecule has 226 valence electrons.